The molecule has 0 aliphatic heterocycles. The lowest BCUT2D eigenvalue weighted by Crippen LogP contribution is -2.07. The van der Waals surface area contributed by atoms with Gasteiger partial charge in [-0.1, -0.05) is 72.8 Å². The molecule has 0 aromatic heterocycles. The predicted molar refractivity (Wildman–Crippen MR) is 128 cm³/mol. The van der Waals surface area contributed by atoms with Crippen LogP contribution in [0.2, 0.25) is 0 Å². The molecule has 4 aromatic rings. The Bertz CT molecular complexity index is 1110. The summed E-state index contributed by atoms with van der Waals surface area (Å²) in [6, 6.07) is 34.3. The molecule has 2 N–H and O–H groups in total. The second-order valence-electron chi connectivity index (χ2n) is 6.56. The van der Waals surface area contributed by atoms with Gasteiger partial charge >= 0.3 is 15.6 Å². The second kappa shape index (κ2) is 12.1. The smallest absolute Gasteiger partial charge is 0.404 e. The number of hydrogen-bond donors (Lipinski definition) is 2. The maximum atomic E-state index is 13.1. The number of para-hydroxylation sites is 4. The quantitative estimate of drug-likeness (QED) is 0.264. The largest absolute Gasteiger partial charge is 0.647 e. The molecule has 176 valence electrons. The van der Waals surface area contributed by atoms with Crippen LogP contribution in [-0.4, -0.2) is 9.79 Å². The molecule has 0 fully saturated rings. The molecule has 0 spiro atoms. The van der Waals surface area contributed by atoms with Gasteiger partial charge in [0.15, 0.2) is 0 Å². The van der Waals surface area contributed by atoms with Crippen LogP contribution in [0.4, 0.5) is 0 Å². The van der Waals surface area contributed by atoms with E-state index in [0.29, 0.717) is 17.2 Å². The molecule has 10 heteroatoms. The van der Waals surface area contributed by atoms with Crippen LogP contribution in [0.15, 0.2) is 121 Å². The Morgan fingerprint density at radius 3 is 0.882 bits per heavy atom. The number of hydrogen-bond acceptors (Lipinski definition) is 6. The average molecular weight is 500 g/mol. The van der Waals surface area contributed by atoms with Crippen LogP contribution < -0.4 is 18.1 Å². The van der Waals surface area contributed by atoms with Gasteiger partial charge in [-0.2, -0.15) is 4.57 Å². The summed E-state index contributed by atoms with van der Waals surface area (Å²) in [7, 11) is -8.27. The minimum absolute atomic E-state index is 0.167. The highest BCUT2D eigenvalue weighted by Gasteiger charge is 2.33. The maximum Gasteiger partial charge on any atom is 0.647 e. The Balaban J connectivity index is 0.000000248. The molecule has 0 radical (unpaired) electrons. The van der Waals surface area contributed by atoms with E-state index in [-0.39, 0.29) is 5.75 Å². The van der Waals surface area contributed by atoms with Gasteiger partial charge in [-0.3, -0.25) is 9.79 Å². The van der Waals surface area contributed by atoms with Gasteiger partial charge < -0.3 is 18.1 Å². The molecule has 0 unspecified atom stereocenters. The normalized spacial score (nSPS) is 10.9. The Hall–Kier alpha value is -3.54. The summed E-state index contributed by atoms with van der Waals surface area (Å²) in [6.07, 6.45) is 0. The molecule has 0 atom stereocenters. The van der Waals surface area contributed by atoms with Crippen molar-refractivity contribution in [3.05, 3.63) is 121 Å². The molecule has 0 aliphatic rings. The highest BCUT2D eigenvalue weighted by Crippen LogP contribution is 2.49. The monoisotopic (exact) mass is 500 g/mol. The van der Waals surface area contributed by atoms with Crippen molar-refractivity contribution in [1.82, 2.24) is 0 Å². The Labute approximate surface area is 197 Å². The first kappa shape index (κ1) is 25.1. The number of phosphoric acid groups is 2. The first-order valence-electron chi connectivity index (χ1n) is 9.95. The fraction of sp³-hybridized carbons (Fsp3) is 0. The lowest BCUT2D eigenvalue weighted by molar-refractivity contribution is 0.283. The van der Waals surface area contributed by atoms with Crippen molar-refractivity contribution in [2.75, 3.05) is 0 Å². The standard InChI is InChI=1S/C18H15O4P.C6H7O4P/c19-23(20-16-10-4-1-5-11-16,21-17-12-6-2-7-13-17)22-18-14-8-3-9-15-18;7-11(8,9)10-6-4-2-1-3-5-6/h1-15H;1-5H,(H2,7,8,9). The van der Waals surface area contributed by atoms with E-state index in [1.54, 1.807) is 91.0 Å². The van der Waals surface area contributed by atoms with E-state index < -0.39 is 15.6 Å². The minimum Gasteiger partial charge on any atom is -0.404 e. The first-order chi connectivity index (χ1) is 16.3. The molecule has 4 aromatic carbocycles. The summed E-state index contributed by atoms with van der Waals surface area (Å²) in [5, 5.41) is 0. The zero-order chi connectivity index (χ0) is 24.3. The Kier molecular flexibility index (Phi) is 8.91. The van der Waals surface area contributed by atoms with Crippen LogP contribution in [0, 0.1) is 0 Å². The fourth-order valence-electron chi connectivity index (χ4n) is 2.51. The van der Waals surface area contributed by atoms with Crippen LogP contribution in [0.25, 0.3) is 0 Å². The van der Waals surface area contributed by atoms with Crippen LogP contribution in [0.1, 0.15) is 0 Å². The highest BCUT2D eigenvalue weighted by atomic mass is 31.2. The highest BCUT2D eigenvalue weighted by molar-refractivity contribution is 7.49. The van der Waals surface area contributed by atoms with Gasteiger partial charge in [0.1, 0.15) is 23.0 Å². The van der Waals surface area contributed by atoms with Crippen molar-refractivity contribution >= 4 is 15.6 Å². The molecule has 0 saturated heterocycles. The van der Waals surface area contributed by atoms with Gasteiger partial charge in [-0.05, 0) is 48.5 Å². The number of rotatable bonds is 8. The van der Waals surface area contributed by atoms with Crippen molar-refractivity contribution in [2.45, 2.75) is 0 Å². The van der Waals surface area contributed by atoms with Gasteiger partial charge in [0.05, 0.1) is 0 Å². The van der Waals surface area contributed by atoms with Gasteiger partial charge in [0.2, 0.25) is 0 Å². The average Bonchev–Trinajstić information content (AvgIpc) is 2.81. The van der Waals surface area contributed by atoms with Crippen molar-refractivity contribution in [3.63, 3.8) is 0 Å². The van der Waals surface area contributed by atoms with E-state index in [2.05, 4.69) is 4.52 Å². The van der Waals surface area contributed by atoms with E-state index in [1.807, 2.05) is 18.2 Å². The zero-order valence-corrected chi connectivity index (χ0v) is 19.6. The molecular weight excluding hydrogens is 478 g/mol. The van der Waals surface area contributed by atoms with Gasteiger partial charge in [-0.15, -0.1) is 0 Å². The third-order valence-corrected chi connectivity index (χ3v) is 5.60. The summed E-state index contributed by atoms with van der Waals surface area (Å²) < 4.78 is 44.2. The molecule has 0 amide bonds. The SMILES string of the molecule is O=P(O)(O)Oc1ccccc1.O=P(Oc1ccccc1)(Oc1ccccc1)Oc1ccccc1. The van der Waals surface area contributed by atoms with Crippen LogP contribution in [-0.2, 0) is 9.13 Å². The second-order valence-corrected chi connectivity index (χ2v) is 9.16. The van der Waals surface area contributed by atoms with E-state index in [9.17, 15) is 9.13 Å². The van der Waals surface area contributed by atoms with Gasteiger partial charge in [-0.25, -0.2) is 4.57 Å². The first-order valence-corrected chi connectivity index (χ1v) is 12.9. The van der Waals surface area contributed by atoms with Crippen molar-refractivity contribution in [1.29, 1.82) is 0 Å². The fourth-order valence-corrected chi connectivity index (χ4v) is 4.15. The van der Waals surface area contributed by atoms with Crippen molar-refractivity contribution < 1.29 is 37.0 Å². The maximum absolute atomic E-state index is 13.1. The molecule has 0 heterocycles. The summed E-state index contributed by atoms with van der Waals surface area (Å²) in [6.45, 7) is 0. The van der Waals surface area contributed by atoms with E-state index in [4.69, 9.17) is 23.4 Å². The molecule has 0 bridgehead atoms. The van der Waals surface area contributed by atoms with Crippen molar-refractivity contribution in [3.8, 4) is 23.0 Å². The lowest BCUT2D eigenvalue weighted by atomic mass is 10.3. The summed E-state index contributed by atoms with van der Waals surface area (Å²) in [4.78, 5) is 16.7. The Morgan fingerprint density at radius 1 is 0.412 bits per heavy atom. The number of phosphoric ester groups is 2. The topological polar surface area (TPSA) is 112 Å². The van der Waals surface area contributed by atoms with E-state index >= 15 is 0 Å². The van der Waals surface area contributed by atoms with E-state index in [1.165, 1.54) is 12.1 Å². The van der Waals surface area contributed by atoms with Crippen LogP contribution in [0.3, 0.4) is 0 Å². The van der Waals surface area contributed by atoms with Crippen LogP contribution in [0.5, 0.6) is 23.0 Å². The summed E-state index contributed by atoms with van der Waals surface area (Å²) in [5.41, 5.74) is 0. The molecule has 0 aliphatic carbocycles. The third kappa shape index (κ3) is 9.14. The number of benzene rings is 4. The molecule has 34 heavy (non-hydrogen) atoms. The van der Waals surface area contributed by atoms with Gasteiger partial charge in [0, 0.05) is 0 Å². The molecule has 0 saturated carbocycles. The van der Waals surface area contributed by atoms with E-state index in [0.717, 1.165) is 0 Å². The molecule has 4 rings (SSSR count). The van der Waals surface area contributed by atoms with Crippen molar-refractivity contribution in [2.24, 2.45) is 0 Å². The van der Waals surface area contributed by atoms with Gasteiger partial charge in [0.25, 0.3) is 0 Å². The lowest BCUT2D eigenvalue weighted by Gasteiger charge is -2.19. The predicted octanol–water partition coefficient (Wildman–Crippen LogP) is 6.49. The third-order valence-electron chi connectivity index (χ3n) is 3.85. The van der Waals surface area contributed by atoms with Crippen LogP contribution >= 0.6 is 15.6 Å². The summed E-state index contributed by atoms with van der Waals surface area (Å²) in [5.74, 6) is 1.38. The molecular formula is C24H22O8P2. The minimum atomic E-state index is -4.39. The summed E-state index contributed by atoms with van der Waals surface area (Å²) >= 11 is 0. The Morgan fingerprint density at radius 2 is 0.647 bits per heavy atom. The molecule has 8 nitrogen and oxygen atoms in total. The zero-order valence-electron chi connectivity index (χ0n) is 17.8.